The maximum Gasteiger partial charge on any atom is 0.308 e. The maximum absolute atomic E-state index is 12.1. The molecule has 0 radical (unpaired) electrons. The van der Waals surface area contributed by atoms with Gasteiger partial charge in [0.2, 0.25) is 5.91 Å². The minimum Gasteiger partial charge on any atom is -0.550 e. The summed E-state index contributed by atoms with van der Waals surface area (Å²) >= 11 is 0. The Bertz CT molecular complexity index is 833. The van der Waals surface area contributed by atoms with Crippen LogP contribution in [0.1, 0.15) is 46.1 Å². The van der Waals surface area contributed by atoms with Crippen LogP contribution in [0.5, 0.6) is 0 Å². The van der Waals surface area contributed by atoms with E-state index < -0.39 is 5.97 Å². The summed E-state index contributed by atoms with van der Waals surface area (Å²) in [6.07, 6.45) is 0.434. The van der Waals surface area contributed by atoms with Gasteiger partial charge in [0.15, 0.2) is 0 Å². The van der Waals surface area contributed by atoms with Gasteiger partial charge in [0.1, 0.15) is 0 Å². The van der Waals surface area contributed by atoms with Gasteiger partial charge < -0.3 is 20.0 Å². The number of hydrogen-bond acceptors (Lipinski definition) is 5. The highest BCUT2D eigenvalue weighted by Crippen LogP contribution is 2.21. The Kier molecular flexibility index (Phi) is 11.0. The summed E-state index contributed by atoms with van der Waals surface area (Å²) in [4.78, 5) is 34.8. The van der Waals surface area contributed by atoms with Crippen LogP contribution in [-0.4, -0.2) is 30.5 Å². The van der Waals surface area contributed by atoms with Crippen molar-refractivity contribution in [1.29, 1.82) is 0 Å². The van der Waals surface area contributed by atoms with E-state index in [9.17, 15) is 19.5 Å². The van der Waals surface area contributed by atoms with Crippen molar-refractivity contribution in [3.05, 3.63) is 60.2 Å². The van der Waals surface area contributed by atoms with Crippen LogP contribution in [0.25, 0.3) is 11.1 Å². The highest BCUT2D eigenvalue weighted by molar-refractivity contribution is 5.80. The third-order valence-corrected chi connectivity index (χ3v) is 4.79. The first-order chi connectivity index (χ1) is 14.4. The molecule has 0 saturated heterocycles. The number of hydrogen-bond donors (Lipinski definition) is 1. The number of ether oxygens (including phenoxy) is 1. The summed E-state index contributed by atoms with van der Waals surface area (Å²) in [5.41, 5.74) is 3.22. The SMILES string of the molecule is C.CCOC(=O)C(C)CC(Cc1ccc(-c2ccccc2)cc1)NC(=O)CCC(=O)[O-]. The lowest BCUT2D eigenvalue weighted by atomic mass is 9.94. The van der Waals surface area contributed by atoms with Crippen LogP contribution in [0.3, 0.4) is 0 Å². The second-order valence-electron chi connectivity index (χ2n) is 7.29. The number of carboxylic acids is 1. The van der Waals surface area contributed by atoms with E-state index in [1.54, 1.807) is 13.8 Å². The molecule has 6 heteroatoms. The fraction of sp³-hybridized carbons (Fsp3) is 0.400. The molecule has 2 aromatic rings. The van der Waals surface area contributed by atoms with E-state index in [4.69, 9.17) is 4.74 Å². The molecule has 2 aromatic carbocycles. The molecule has 1 N–H and O–H groups in total. The number of aliphatic carboxylic acids is 1. The van der Waals surface area contributed by atoms with Crippen LogP contribution in [0.4, 0.5) is 0 Å². The number of rotatable bonds is 11. The van der Waals surface area contributed by atoms with Crippen molar-refractivity contribution < 1.29 is 24.2 Å². The van der Waals surface area contributed by atoms with E-state index in [-0.39, 0.29) is 44.1 Å². The molecule has 0 spiro atoms. The summed E-state index contributed by atoms with van der Waals surface area (Å²) < 4.78 is 5.07. The molecular formula is C25H32NO5-. The molecule has 0 aliphatic heterocycles. The van der Waals surface area contributed by atoms with Gasteiger partial charge in [-0.25, -0.2) is 0 Å². The molecular weight excluding hydrogens is 394 g/mol. The molecule has 2 atom stereocenters. The zero-order valence-corrected chi connectivity index (χ0v) is 17.4. The molecule has 31 heavy (non-hydrogen) atoms. The second-order valence-corrected chi connectivity index (χ2v) is 7.29. The normalized spacial score (nSPS) is 12.2. The summed E-state index contributed by atoms with van der Waals surface area (Å²) in [5.74, 6) is -2.34. The van der Waals surface area contributed by atoms with Crippen LogP contribution in [0.2, 0.25) is 0 Å². The Hall–Kier alpha value is -3.15. The third kappa shape index (κ3) is 9.03. The number of amides is 1. The molecule has 0 aliphatic rings. The topological polar surface area (TPSA) is 95.5 Å². The van der Waals surface area contributed by atoms with Gasteiger partial charge in [0.25, 0.3) is 0 Å². The first-order valence-electron chi connectivity index (χ1n) is 10.2. The van der Waals surface area contributed by atoms with Crippen molar-refractivity contribution >= 4 is 17.8 Å². The number of carbonyl (C=O) groups excluding carboxylic acids is 3. The highest BCUT2D eigenvalue weighted by Gasteiger charge is 2.22. The van der Waals surface area contributed by atoms with Gasteiger partial charge >= 0.3 is 5.97 Å². The van der Waals surface area contributed by atoms with Crippen molar-refractivity contribution in [2.45, 2.75) is 53.0 Å². The molecule has 0 fully saturated rings. The quantitative estimate of drug-likeness (QED) is 0.557. The second kappa shape index (κ2) is 13.2. The van der Waals surface area contributed by atoms with Crippen LogP contribution < -0.4 is 10.4 Å². The Labute approximate surface area is 184 Å². The van der Waals surface area contributed by atoms with Crippen molar-refractivity contribution in [2.24, 2.45) is 5.92 Å². The fourth-order valence-electron chi connectivity index (χ4n) is 3.26. The first kappa shape index (κ1) is 25.9. The van der Waals surface area contributed by atoms with Gasteiger partial charge in [0, 0.05) is 18.4 Å². The Morgan fingerprint density at radius 2 is 1.58 bits per heavy atom. The number of carbonyl (C=O) groups is 3. The molecule has 2 unspecified atom stereocenters. The van der Waals surface area contributed by atoms with Gasteiger partial charge in [-0.1, -0.05) is 68.9 Å². The number of benzene rings is 2. The summed E-state index contributed by atoms with van der Waals surface area (Å²) in [5, 5.41) is 13.5. The Balaban J connectivity index is 0.00000480. The largest absolute Gasteiger partial charge is 0.550 e. The smallest absolute Gasteiger partial charge is 0.308 e. The standard InChI is InChI=1S/C24H29NO5.CH4/c1-3-30-24(29)17(2)15-21(25-22(26)13-14-23(27)28)16-18-9-11-20(12-10-18)19-7-5-4-6-8-19;/h4-12,17,21H,3,13-16H2,1-2H3,(H,25,26)(H,27,28);1H4/p-1. The van der Waals surface area contributed by atoms with E-state index in [0.29, 0.717) is 19.4 Å². The van der Waals surface area contributed by atoms with Crippen molar-refractivity contribution in [3.8, 4) is 11.1 Å². The van der Waals surface area contributed by atoms with E-state index in [2.05, 4.69) is 5.32 Å². The lowest BCUT2D eigenvalue weighted by molar-refractivity contribution is -0.305. The molecule has 0 bridgehead atoms. The van der Waals surface area contributed by atoms with Gasteiger partial charge in [-0.05, 0) is 42.9 Å². The third-order valence-electron chi connectivity index (χ3n) is 4.79. The van der Waals surface area contributed by atoms with Crippen LogP contribution in [0, 0.1) is 5.92 Å². The fourth-order valence-corrected chi connectivity index (χ4v) is 3.26. The lowest BCUT2D eigenvalue weighted by Gasteiger charge is -2.22. The Morgan fingerprint density at radius 3 is 2.16 bits per heavy atom. The molecule has 0 aliphatic carbocycles. The monoisotopic (exact) mass is 426 g/mol. The number of nitrogens with one attached hydrogen (secondary N) is 1. The average Bonchev–Trinajstić information content (AvgIpc) is 2.73. The molecule has 0 saturated carbocycles. The summed E-state index contributed by atoms with van der Waals surface area (Å²) in [7, 11) is 0. The average molecular weight is 427 g/mol. The first-order valence-corrected chi connectivity index (χ1v) is 10.2. The lowest BCUT2D eigenvalue weighted by Crippen LogP contribution is -2.39. The van der Waals surface area contributed by atoms with E-state index in [0.717, 1.165) is 16.7 Å². The molecule has 168 valence electrons. The van der Waals surface area contributed by atoms with Crippen molar-refractivity contribution in [3.63, 3.8) is 0 Å². The van der Waals surface area contributed by atoms with E-state index >= 15 is 0 Å². The van der Waals surface area contributed by atoms with Gasteiger partial charge in [0.05, 0.1) is 12.5 Å². The van der Waals surface area contributed by atoms with E-state index in [1.807, 2.05) is 54.6 Å². The highest BCUT2D eigenvalue weighted by atomic mass is 16.5. The molecule has 0 aromatic heterocycles. The Morgan fingerprint density at radius 1 is 0.968 bits per heavy atom. The van der Waals surface area contributed by atoms with E-state index in [1.165, 1.54) is 0 Å². The number of esters is 1. The molecule has 6 nitrogen and oxygen atoms in total. The van der Waals surface area contributed by atoms with Crippen LogP contribution in [-0.2, 0) is 25.5 Å². The minimum atomic E-state index is -1.27. The minimum absolute atomic E-state index is 0. The van der Waals surface area contributed by atoms with Crippen molar-refractivity contribution in [2.75, 3.05) is 6.61 Å². The zero-order valence-electron chi connectivity index (χ0n) is 17.4. The van der Waals surface area contributed by atoms with Gasteiger partial charge in [-0.3, -0.25) is 9.59 Å². The van der Waals surface area contributed by atoms with Crippen LogP contribution in [0.15, 0.2) is 54.6 Å². The molecule has 2 rings (SSSR count). The predicted molar refractivity (Wildman–Crippen MR) is 119 cm³/mol. The molecule has 1 amide bonds. The number of carboxylic acid groups (broad SMARTS) is 1. The zero-order chi connectivity index (χ0) is 21.9. The summed E-state index contributed by atoms with van der Waals surface area (Å²) in [6.45, 7) is 3.81. The van der Waals surface area contributed by atoms with Gasteiger partial charge in [-0.15, -0.1) is 0 Å². The predicted octanol–water partition coefficient (Wildman–Crippen LogP) is 3.14. The molecule has 0 heterocycles. The summed E-state index contributed by atoms with van der Waals surface area (Å²) in [6, 6.07) is 17.7. The van der Waals surface area contributed by atoms with Gasteiger partial charge in [-0.2, -0.15) is 0 Å². The van der Waals surface area contributed by atoms with Crippen LogP contribution >= 0.6 is 0 Å². The van der Waals surface area contributed by atoms with Crippen molar-refractivity contribution in [1.82, 2.24) is 5.32 Å². The maximum atomic E-state index is 12.1.